The summed E-state index contributed by atoms with van der Waals surface area (Å²) in [6.45, 7) is 5.10. The summed E-state index contributed by atoms with van der Waals surface area (Å²) in [6, 6.07) is 1.06. The molecule has 10 heteroatoms. The van der Waals surface area contributed by atoms with Crippen LogP contribution in [-0.4, -0.2) is 32.9 Å². The minimum absolute atomic E-state index is 0.0545. The second-order valence-corrected chi connectivity index (χ2v) is 7.68. The lowest BCUT2D eigenvalue weighted by atomic mass is 10.0. The average Bonchev–Trinajstić information content (AvgIpc) is 3.36. The summed E-state index contributed by atoms with van der Waals surface area (Å²) in [5, 5.41) is 14.8. The fraction of sp³-hybridized carbons (Fsp3) is 0.550. The van der Waals surface area contributed by atoms with E-state index in [1.165, 1.54) is 11.6 Å². The van der Waals surface area contributed by atoms with Crippen molar-refractivity contribution in [1.82, 2.24) is 20.1 Å². The van der Waals surface area contributed by atoms with Gasteiger partial charge in [0.15, 0.2) is 11.3 Å². The van der Waals surface area contributed by atoms with Gasteiger partial charge in [-0.2, -0.15) is 28.5 Å². The van der Waals surface area contributed by atoms with Crippen LogP contribution in [0.4, 0.5) is 13.2 Å². The third-order valence-corrected chi connectivity index (χ3v) is 4.99. The van der Waals surface area contributed by atoms with Crippen LogP contribution in [0.1, 0.15) is 56.0 Å². The third kappa shape index (κ3) is 4.61. The molecule has 1 aliphatic heterocycles. The van der Waals surface area contributed by atoms with Gasteiger partial charge in [0.1, 0.15) is 6.54 Å². The predicted octanol–water partition coefficient (Wildman–Crippen LogP) is 3.96. The SMILES string of the molecule is C#CCCC1(CCNC(=O)Cn2nc(C)c3c(C(F)(F)F)cc(C(C)C)nc32)N=N1. The van der Waals surface area contributed by atoms with Crippen molar-refractivity contribution in [3.63, 3.8) is 0 Å². The first kappa shape index (κ1) is 21.7. The first-order valence-electron chi connectivity index (χ1n) is 9.66. The van der Waals surface area contributed by atoms with E-state index in [1.54, 1.807) is 13.8 Å². The smallest absolute Gasteiger partial charge is 0.354 e. The Morgan fingerprint density at radius 3 is 2.60 bits per heavy atom. The minimum atomic E-state index is -4.55. The summed E-state index contributed by atoms with van der Waals surface area (Å²) >= 11 is 0. The van der Waals surface area contributed by atoms with Gasteiger partial charge in [-0.3, -0.25) is 4.79 Å². The van der Waals surface area contributed by atoms with E-state index in [-0.39, 0.29) is 35.1 Å². The maximum Gasteiger partial charge on any atom is 0.417 e. The molecule has 160 valence electrons. The molecule has 0 bridgehead atoms. The average molecular weight is 420 g/mol. The summed E-state index contributed by atoms with van der Waals surface area (Å²) < 4.78 is 42.1. The van der Waals surface area contributed by atoms with Crippen LogP contribution >= 0.6 is 0 Å². The van der Waals surface area contributed by atoms with Gasteiger partial charge in [-0.25, -0.2) is 9.67 Å². The molecule has 0 saturated carbocycles. The van der Waals surface area contributed by atoms with Crippen LogP contribution in [0.15, 0.2) is 16.3 Å². The van der Waals surface area contributed by atoms with E-state index in [0.717, 1.165) is 6.07 Å². The molecule has 1 amide bonds. The van der Waals surface area contributed by atoms with E-state index in [2.05, 4.69) is 31.5 Å². The Labute approximate surface area is 172 Å². The lowest BCUT2D eigenvalue weighted by Gasteiger charge is -2.13. The Morgan fingerprint density at radius 1 is 1.33 bits per heavy atom. The van der Waals surface area contributed by atoms with Crippen LogP contribution < -0.4 is 5.32 Å². The van der Waals surface area contributed by atoms with Gasteiger partial charge in [-0.1, -0.05) is 13.8 Å². The fourth-order valence-corrected chi connectivity index (χ4v) is 3.26. The standard InChI is InChI=1S/C20H23F3N6O/c1-5-6-7-19(27-28-19)8-9-24-16(30)11-29-18-17(13(4)26-29)14(20(21,22)23)10-15(25-18)12(2)3/h1,10,12H,6-9,11H2,2-4H3,(H,24,30). The molecule has 3 heterocycles. The number of aryl methyl sites for hydroxylation is 1. The van der Waals surface area contributed by atoms with Crippen molar-refractivity contribution in [3.8, 4) is 12.3 Å². The van der Waals surface area contributed by atoms with Crippen molar-refractivity contribution in [2.24, 2.45) is 10.2 Å². The first-order chi connectivity index (χ1) is 14.1. The van der Waals surface area contributed by atoms with E-state index in [1.807, 2.05) is 0 Å². The summed E-state index contributed by atoms with van der Waals surface area (Å²) in [5.74, 6) is 1.95. The second-order valence-electron chi connectivity index (χ2n) is 7.68. The van der Waals surface area contributed by atoms with Crippen LogP contribution in [0.3, 0.4) is 0 Å². The van der Waals surface area contributed by atoms with Crippen LogP contribution in [-0.2, 0) is 17.5 Å². The highest BCUT2D eigenvalue weighted by molar-refractivity contribution is 5.85. The van der Waals surface area contributed by atoms with Gasteiger partial charge in [-0.15, -0.1) is 12.3 Å². The molecule has 0 atom stereocenters. The van der Waals surface area contributed by atoms with Crippen LogP contribution in [0.5, 0.6) is 0 Å². The van der Waals surface area contributed by atoms with Crippen LogP contribution in [0, 0.1) is 19.3 Å². The zero-order chi connectivity index (χ0) is 22.1. The topological polar surface area (TPSA) is 84.5 Å². The number of carbonyl (C=O) groups excluding carboxylic acids is 1. The van der Waals surface area contributed by atoms with Crippen LogP contribution in [0.25, 0.3) is 11.0 Å². The zero-order valence-electron chi connectivity index (χ0n) is 17.0. The monoisotopic (exact) mass is 420 g/mol. The molecule has 2 aromatic rings. The maximum absolute atomic E-state index is 13.6. The molecule has 0 spiro atoms. The summed E-state index contributed by atoms with van der Waals surface area (Å²) in [7, 11) is 0. The number of aromatic nitrogens is 3. The number of halogens is 3. The number of nitrogens with zero attached hydrogens (tertiary/aromatic N) is 5. The number of nitrogens with one attached hydrogen (secondary N) is 1. The lowest BCUT2D eigenvalue weighted by Crippen LogP contribution is -2.31. The van der Waals surface area contributed by atoms with Crippen molar-refractivity contribution in [2.75, 3.05) is 6.54 Å². The number of rotatable bonds is 8. The Bertz CT molecular complexity index is 1030. The highest BCUT2D eigenvalue weighted by Gasteiger charge is 2.39. The number of pyridine rings is 1. The molecule has 0 fully saturated rings. The molecule has 30 heavy (non-hydrogen) atoms. The van der Waals surface area contributed by atoms with E-state index >= 15 is 0 Å². The third-order valence-electron chi connectivity index (χ3n) is 4.99. The summed E-state index contributed by atoms with van der Waals surface area (Å²) in [6.07, 6.45) is 2.40. The number of hydrogen-bond acceptors (Lipinski definition) is 5. The van der Waals surface area contributed by atoms with Gasteiger partial charge in [0, 0.05) is 31.5 Å². The molecule has 0 radical (unpaired) electrons. The number of terminal acetylenes is 1. The molecule has 0 unspecified atom stereocenters. The number of alkyl halides is 3. The Kier molecular flexibility index (Phi) is 5.83. The summed E-state index contributed by atoms with van der Waals surface area (Å²) in [4.78, 5) is 16.7. The van der Waals surface area contributed by atoms with Gasteiger partial charge in [0.05, 0.1) is 16.6 Å². The number of carbonyl (C=O) groups is 1. The normalized spacial score (nSPS) is 14.9. The quantitative estimate of drug-likeness (QED) is 0.656. The molecule has 0 aromatic carbocycles. The van der Waals surface area contributed by atoms with E-state index in [0.29, 0.717) is 31.5 Å². The lowest BCUT2D eigenvalue weighted by molar-refractivity contribution is -0.136. The van der Waals surface area contributed by atoms with Crippen molar-refractivity contribution in [3.05, 3.63) is 23.0 Å². The highest BCUT2D eigenvalue weighted by atomic mass is 19.4. The molecule has 0 saturated heterocycles. The fourth-order valence-electron chi connectivity index (χ4n) is 3.26. The van der Waals surface area contributed by atoms with Gasteiger partial charge in [0.2, 0.25) is 5.91 Å². The summed E-state index contributed by atoms with van der Waals surface area (Å²) in [5.41, 5.74) is -0.767. The van der Waals surface area contributed by atoms with Crippen molar-refractivity contribution in [2.45, 2.75) is 64.3 Å². The molecule has 2 aromatic heterocycles. The Hall–Kier alpha value is -2.96. The van der Waals surface area contributed by atoms with Gasteiger partial charge in [0.25, 0.3) is 0 Å². The van der Waals surface area contributed by atoms with Crippen molar-refractivity contribution in [1.29, 1.82) is 0 Å². The predicted molar refractivity (Wildman–Crippen MR) is 105 cm³/mol. The van der Waals surface area contributed by atoms with E-state index in [4.69, 9.17) is 6.42 Å². The molecule has 3 rings (SSSR count). The van der Waals surface area contributed by atoms with E-state index < -0.39 is 17.4 Å². The second kappa shape index (κ2) is 8.05. The molecule has 7 nitrogen and oxygen atoms in total. The Balaban J connectivity index is 1.77. The van der Waals surface area contributed by atoms with E-state index in [9.17, 15) is 18.0 Å². The van der Waals surface area contributed by atoms with Crippen molar-refractivity contribution < 1.29 is 18.0 Å². The Morgan fingerprint density at radius 2 is 2.03 bits per heavy atom. The highest BCUT2D eigenvalue weighted by Crippen LogP contribution is 2.37. The van der Waals surface area contributed by atoms with Crippen molar-refractivity contribution >= 4 is 16.9 Å². The number of fused-ring (bicyclic) bond motifs is 1. The number of hydrogen-bond donors (Lipinski definition) is 1. The molecule has 1 aliphatic rings. The van der Waals surface area contributed by atoms with Gasteiger partial charge < -0.3 is 5.32 Å². The van der Waals surface area contributed by atoms with Crippen LogP contribution in [0.2, 0.25) is 0 Å². The van der Waals surface area contributed by atoms with Gasteiger partial charge in [-0.05, 0) is 18.9 Å². The molecule has 0 aliphatic carbocycles. The first-order valence-corrected chi connectivity index (χ1v) is 9.66. The van der Waals surface area contributed by atoms with Gasteiger partial charge >= 0.3 is 6.18 Å². The largest absolute Gasteiger partial charge is 0.417 e. The number of amides is 1. The maximum atomic E-state index is 13.6. The minimum Gasteiger partial charge on any atom is -0.354 e. The zero-order valence-corrected chi connectivity index (χ0v) is 17.0. The molecular formula is C20H23F3N6O. The molecule has 1 N–H and O–H groups in total. The molecular weight excluding hydrogens is 397 g/mol.